The second kappa shape index (κ2) is 14.1. The highest BCUT2D eigenvalue weighted by Crippen LogP contribution is 2.11. The lowest BCUT2D eigenvalue weighted by molar-refractivity contribution is 0.0171. The monoisotopic (exact) mass is 477 g/mol. The Morgan fingerprint density at radius 1 is 1.33 bits per heavy atom. The fourth-order valence-corrected chi connectivity index (χ4v) is 2.86. The molecule has 0 aliphatic carbocycles. The maximum Gasteiger partial charge on any atom is 0.191 e. The Labute approximate surface area is 163 Å². The van der Waals surface area contributed by atoms with Crippen LogP contribution in [0.15, 0.2) is 4.99 Å². The molecule has 0 saturated carbocycles. The van der Waals surface area contributed by atoms with E-state index in [0.717, 1.165) is 32.4 Å². The van der Waals surface area contributed by atoms with Gasteiger partial charge in [-0.3, -0.25) is 4.99 Å². The molecule has 0 spiro atoms. The van der Waals surface area contributed by atoms with Crippen molar-refractivity contribution in [2.75, 3.05) is 51.0 Å². The maximum atomic E-state index is 11.5. The van der Waals surface area contributed by atoms with E-state index in [2.05, 4.69) is 15.6 Å². The molecule has 2 N–H and O–H groups in total. The van der Waals surface area contributed by atoms with Gasteiger partial charge in [-0.2, -0.15) is 0 Å². The molecule has 9 heteroatoms. The molecule has 0 aromatic heterocycles. The van der Waals surface area contributed by atoms with Gasteiger partial charge < -0.3 is 20.1 Å². The Balaban J connectivity index is 0.00000529. The molecule has 1 atom stereocenters. The predicted molar refractivity (Wildman–Crippen MR) is 108 cm³/mol. The van der Waals surface area contributed by atoms with Crippen LogP contribution in [0.1, 0.15) is 33.1 Å². The molecule has 24 heavy (non-hydrogen) atoms. The van der Waals surface area contributed by atoms with Crippen LogP contribution in [0.5, 0.6) is 0 Å². The molecule has 7 nitrogen and oxygen atoms in total. The molecule has 144 valence electrons. The number of hydrogen-bond acceptors (Lipinski definition) is 5. The zero-order valence-corrected chi connectivity index (χ0v) is 17.9. The van der Waals surface area contributed by atoms with Gasteiger partial charge in [0.1, 0.15) is 0 Å². The molecule has 0 amide bonds. The van der Waals surface area contributed by atoms with Crippen molar-refractivity contribution in [3.8, 4) is 0 Å². The second-order valence-electron chi connectivity index (χ2n) is 5.49. The third-order valence-corrected chi connectivity index (χ3v) is 5.24. The number of sulfone groups is 1. The molecular weight excluding hydrogens is 445 g/mol. The van der Waals surface area contributed by atoms with Crippen LogP contribution in [0.3, 0.4) is 0 Å². The van der Waals surface area contributed by atoms with Crippen molar-refractivity contribution >= 4 is 39.8 Å². The Morgan fingerprint density at radius 2 is 2.12 bits per heavy atom. The van der Waals surface area contributed by atoms with Gasteiger partial charge in [0, 0.05) is 38.6 Å². The molecule has 1 unspecified atom stereocenters. The van der Waals surface area contributed by atoms with Gasteiger partial charge in [-0.25, -0.2) is 8.42 Å². The molecule has 1 aliphatic rings. The summed E-state index contributed by atoms with van der Waals surface area (Å²) >= 11 is 0. The van der Waals surface area contributed by atoms with Crippen LogP contribution in [0.4, 0.5) is 0 Å². The fourth-order valence-electron chi connectivity index (χ4n) is 2.16. The SMILES string of the molecule is CCNC(=NCCCOCC1CCCO1)NCCS(=O)(=O)CC.I. The fraction of sp³-hybridized carbons (Fsp3) is 0.933. The van der Waals surface area contributed by atoms with Gasteiger partial charge in [0.15, 0.2) is 15.8 Å². The smallest absolute Gasteiger partial charge is 0.191 e. The van der Waals surface area contributed by atoms with E-state index in [-0.39, 0.29) is 41.6 Å². The van der Waals surface area contributed by atoms with Crippen molar-refractivity contribution in [2.24, 2.45) is 4.99 Å². The minimum absolute atomic E-state index is 0. The number of rotatable bonds is 11. The summed E-state index contributed by atoms with van der Waals surface area (Å²) in [5.41, 5.74) is 0. The van der Waals surface area contributed by atoms with E-state index in [1.54, 1.807) is 6.92 Å². The van der Waals surface area contributed by atoms with E-state index in [9.17, 15) is 8.42 Å². The Kier molecular flexibility index (Phi) is 14.0. The van der Waals surface area contributed by atoms with Crippen molar-refractivity contribution in [2.45, 2.75) is 39.2 Å². The minimum atomic E-state index is -2.95. The lowest BCUT2D eigenvalue weighted by Crippen LogP contribution is -2.39. The lowest BCUT2D eigenvalue weighted by Gasteiger charge is -2.12. The van der Waals surface area contributed by atoms with Crippen LogP contribution in [-0.2, 0) is 19.3 Å². The predicted octanol–water partition coefficient (Wildman–Crippen LogP) is 1.18. The highest BCUT2D eigenvalue weighted by Gasteiger charge is 2.14. The topological polar surface area (TPSA) is 89.0 Å². The van der Waals surface area contributed by atoms with Crippen molar-refractivity contribution < 1.29 is 17.9 Å². The Bertz CT molecular complexity index is 440. The summed E-state index contributed by atoms with van der Waals surface area (Å²) in [5.74, 6) is 0.945. The summed E-state index contributed by atoms with van der Waals surface area (Å²) in [5, 5.41) is 6.15. The molecule has 1 fully saturated rings. The molecular formula is C15H32IN3O4S. The van der Waals surface area contributed by atoms with E-state index < -0.39 is 9.84 Å². The number of nitrogens with one attached hydrogen (secondary N) is 2. The highest BCUT2D eigenvalue weighted by molar-refractivity contribution is 14.0. The van der Waals surface area contributed by atoms with Crippen LogP contribution in [-0.4, -0.2) is 71.4 Å². The second-order valence-corrected chi connectivity index (χ2v) is 7.96. The Hall–Kier alpha value is -0.130. The Morgan fingerprint density at radius 3 is 2.75 bits per heavy atom. The normalized spacial score (nSPS) is 18.2. The standard InChI is InChI=1S/C15H31N3O4S.HI/c1-3-16-15(18-9-12-23(19,20)4-2)17-8-6-10-21-13-14-7-5-11-22-14;/h14H,3-13H2,1-2H3,(H2,16,17,18);1H. The third-order valence-electron chi connectivity index (χ3n) is 3.53. The molecule has 0 aromatic carbocycles. The van der Waals surface area contributed by atoms with Crippen molar-refractivity contribution in [1.29, 1.82) is 0 Å². The average Bonchev–Trinajstić information content (AvgIpc) is 3.03. The van der Waals surface area contributed by atoms with E-state index in [1.807, 2.05) is 6.92 Å². The maximum absolute atomic E-state index is 11.5. The molecule has 0 bridgehead atoms. The van der Waals surface area contributed by atoms with E-state index in [1.165, 1.54) is 0 Å². The number of guanidine groups is 1. The summed E-state index contributed by atoms with van der Waals surface area (Å²) in [7, 11) is -2.95. The largest absolute Gasteiger partial charge is 0.379 e. The minimum Gasteiger partial charge on any atom is -0.379 e. The molecule has 1 rings (SSSR count). The lowest BCUT2D eigenvalue weighted by atomic mass is 10.2. The molecule has 0 radical (unpaired) electrons. The number of nitrogens with zero attached hydrogens (tertiary/aromatic N) is 1. The molecule has 1 aliphatic heterocycles. The summed E-state index contributed by atoms with van der Waals surface area (Å²) in [6.45, 7) is 7.56. The average molecular weight is 477 g/mol. The number of aliphatic imine (C=N–C) groups is 1. The third kappa shape index (κ3) is 11.4. The van der Waals surface area contributed by atoms with Gasteiger partial charge in [-0.15, -0.1) is 24.0 Å². The van der Waals surface area contributed by atoms with E-state index in [0.29, 0.717) is 32.3 Å². The first-order valence-corrected chi connectivity index (χ1v) is 10.3. The van der Waals surface area contributed by atoms with Crippen molar-refractivity contribution in [3.63, 3.8) is 0 Å². The van der Waals surface area contributed by atoms with Crippen LogP contribution in [0.25, 0.3) is 0 Å². The van der Waals surface area contributed by atoms with Gasteiger partial charge in [-0.1, -0.05) is 6.92 Å². The van der Waals surface area contributed by atoms with E-state index in [4.69, 9.17) is 9.47 Å². The van der Waals surface area contributed by atoms with Crippen molar-refractivity contribution in [1.82, 2.24) is 10.6 Å². The van der Waals surface area contributed by atoms with Gasteiger partial charge in [-0.05, 0) is 26.2 Å². The molecule has 1 heterocycles. The molecule has 0 aromatic rings. The summed E-state index contributed by atoms with van der Waals surface area (Å²) in [6.07, 6.45) is 3.31. The first kappa shape index (κ1) is 23.9. The van der Waals surface area contributed by atoms with Gasteiger partial charge >= 0.3 is 0 Å². The van der Waals surface area contributed by atoms with Crippen LogP contribution in [0, 0.1) is 0 Å². The van der Waals surface area contributed by atoms with Gasteiger partial charge in [0.05, 0.1) is 18.5 Å². The summed E-state index contributed by atoms with van der Waals surface area (Å²) < 4.78 is 34.0. The van der Waals surface area contributed by atoms with Gasteiger partial charge in [0.25, 0.3) is 0 Å². The van der Waals surface area contributed by atoms with Gasteiger partial charge in [0.2, 0.25) is 0 Å². The highest BCUT2D eigenvalue weighted by atomic mass is 127. The zero-order chi connectivity index (χ0) is 17.0. The summed E-state index contributed by atoms with van der Waals surface area (Å²) in [6, 6.07) is 0. The molecule has 1 saturated heterocycles. The van der Waals surface area contributed by atoms with Crippen LogP contribution >= 0.6 is 24.0 Å². The quantitative estimate of drug-likeness (QED) is 0.201. The van der Waals surface area contributed by atoms with E-state index >= 15 is 0 Å². The van der Waals surface area contributed by atoms with Crippen molar-refractivity contribution in [3.05, 3.63) is 0 Å². The first-order chi connectivity index (χ1) is 11.1. The van der Waals surface area contributed by atoms with Crippen LogP contribution < -0.4 is 10.6 Å². The number of ether oxygens (including phenoxy) is 2. The zero-order valence-electron chi connectivity index (χ0n) is 14.8. The first-order valence-electron chi connectivity index (χ1n) is 8.49. The number of hydrogen-bond donors (Lipinski definition) is 2. The van der Waals surface area contributed by atoms with Crippen LogP contribution in [0.2, 0.25) is 0 Å². The number of halogens is 1. The summed E-state index contributed by atoms with van der Waals surface area (Å²) in [4.78, 5) is 4.42.